The molecule has 0 atom stereocenters. The highest BCUT2D eigenvalue weighted by atomic mass is 32.2. The first-order chi connectivity index (χ1) is 12.0. The fourth-order valence-electron chi connectivity index (χ4n) is 2.59. The van der Waals surface area contributed by atoms with E-state index >= 15 is 0 Å². The molecule has 0 amide bonds. The molecule has 0 aliphatic carbocycles. The highest BCUT2D eigenvalue weighted by molar-refractivity contribution is 7.91. The second-order valence-electron chi connectivity index (χ2n) is 6.72. The van der Waals surface area contributed by atoms with E-state index in [1.807, 2.05) is 0 Å². The van der Waals surface area contributed by atoms with Gasteiger partial charge in [-0.3, -0.25) is 10.1 Å². The van der Waals surface area contributed by atoms with Gasteiger partial charge in [-0.15, -0.1) is 0 Å². The Hall–Kier alpha value is -2.61. The first-order valence-corrected chi connectivity index (χ1v) is 9.40. The zero-order valence-electron chi connectivity index (χ0n) is 14.3. The number of halogens is 1. The van der Waals surface area contributed by atoms with Crippen molar-refractivity contribution < 1.29 is 22.5 Å². The van der Waals surface area contributed by atoms with Crippen LogP contribution in [0.2, 0.25) is 0 Å². The average molecular weight is 395 g/mol. The van der Waals surface area contributed by atoms with Gasteiger partial charge in [0.15, 0.2) is 9.84 Å². The summed E-state index contributed by atoms with van der Waals surface area (Å²) in [4.78, 5) is 21.3. The van der Waals surface area contributed by atoms with Crippen molar-refractivity contribution in [1.82, 2.24) is 0 Å². The summed E-state index contributed by atoms with van der Waals surface area (Å²) < 4.78 is 39.1. The van der Waals surface area contributed by atoms with Crippen LogP contribution < -0.4 is 0 Å². The maximum atomic E-state index is 13.7. The van der Waals surface area contributed by atoms with Gasteiger partial charge < -0.3 is 4.79 Å². The summed E-state index contributed by atoms with van der Waals surface area (Å²) in [5.41, 5.74) is -0.552. The molecule has 0 saturated carbocycles. The van der Waals surface area contributed by atoms with Gasteiger partial charge in [0.2, 0.25) is 0 Å². The predicted molar refractivity (Wildman–Crippen MR) is 101 cm³/mol. The zero-order chi connectivity index (χ0) is 19.5. The van der Waals surface area contributed by atoms with Gasteiger partial charge in [-0.25, -0.2) is 12.8 Å². The molecule has 27 heavy (non-hydrogen) atoms. The Kier molecular flexibility index (Phi) is 6.97. The molecule has 0 bridgehead atoms. The van der Waals surface area contributed by atoms with Crippen molar-refractivity contribution in [1.29, 1.82) is 0 Å². The second-order valence-corrected chi connectivity index (χ2v) is 8.68. The Bertz CT molecular complexity index is 954. The first kappa shape index (κ1) is 22.4. The third-order valence-corrected chi connectivity index (χ3v) is 5.95. The predicted octanol–water partition coefficient (Wildman–Crippen LogP) is 3.96. The van der Waals surface area contributed by atoms with Gasteiger partial charge in [0.25, 0.3) is 5.69 Å². The lowest BCUT2D eigenvalue weighted by atomic mass is 10.00. The lowest BCUT2D eigenvalue weighted by Crippen LogP contribution is -2.26. The minimum atomic E-state index is -3.86. The number of nitrogens with zero attached hydrogens (tertiary/aromatic N) is 1. The Morgan fingerprint density at radius 1 is 1.19 bits per heavy atom. The summed E-state index contributed by atoms with van der Waals surface area (Å²) in [6.07, 6.45) is 0.573. The van der Waals surface area contributed by atoms with Crippen molar-refractivity contribution in [3.05, 3.63) is 69.5 Å². The fourth-order valence-corrected chi connectivity index (χ4v) is 4.60. The average Bonchev–Trinajstić information content (AvgIpc) is 2.54. The fraction of sp³-hybridized carbons (Fsp3) is 0.316. The highest BCUT2D eigenvalue weighted by Crippen LogP contribution is 2.27. The lowest BCUT2D eigenvalue weighted by Gasteiger charge is -2.18. The molecular weight excluding hydrogens is 373 g/mol. The van der Waals surface area contributed by atoms with Crippen LogP contribution >= 0.6 is 0 Å². The molecular formula is C19H22FNO5S. The number of rotatable bonds is 7. The van der Waals surface area contributed by atoms with Crippen molar-refractivity contribution in [3.63, 3.8) is 0 Å². The minimum absolute atomic E-state index is 0. The molecule has 0 heterocycles. The Balaban J connectivity index is 0.00000364. The first-order valence-electron chi connectivity index (χ1n) is 7.75. The summed E-state index contributed by atoms with van der Waals surface area (Å²) in [5, 5.41) is 10.9. The van der Waals surface area contributed by atoms with E-state index in [9.17, 15) is 27.7 Å². The number of aldehydes is 1. The zero-order valence-corrected chi connectivity index (χ0v) is 15.1. The normalized spacial score (nSPS) is 11.5. The molecule has 0 unspecified atom stereocenters. The van der Waals surface area contributed by atoms with E-state index in [2.05, 4.69) is 0 Å². The number of carbonyl (C=O) groups excluding carboxylic acids is 1. The van der Waals surface area contributed by atoms with Crippen molar-refractivity contribution in [3.8, 4) is 0 Å². The van der Waals surface area contributed by atoms with Crippen LogP contribution in [-0.2, 0) is 21.1 Å². The number of hydrogen-bond acceptors (Lipinski definition) is 5. The molecule has 2 aromatic carbocycles. The van der Waals surface area contributed by atoms with E-state index in [0.29, 0.717) is 11.8 Å². The largest absolute Gasteiger partial charge is 0.303 e. The number of nitro benzene ring substituents is 1. The van der Waals surface area contributed by atoms with Gasteiger partial charge in [-0.1, -0.05) is 33.4 Å². The molecule has 0 aliphatic heterocycles. The molecule has 6 nitrogen and oxygen atoms in total. The smallest absolute Gasteiger partial charge is 0.269 e. The number of carbonyl (C=O) groups is 1. The number of sulfone groups is 1. The van der Waals surface area contributed by atoms with Gasteiger partial charge >= 0.3 is 0 Å². The van der Waals surface area contributed by atoms with Crippen molar-refractivity contribution in [2.24, 2.45) is 5.41 Å². The number of benzene rings is 2. The molecule has 2 rings (SSSR count). The van der Waals surface area contributed by atoms with Crippen molar-refractivity contribution >= 4 is 21.8 Å². The lowest BCUT2D eigenvalue weighted by molar-refractivity contribution is -0.384. The van der Waals surface area contributed by atoms with Crippen LogP contribution in [0.25, 0.3) is 0 Å². The van der Waals surface area contributed by atoms with E-state index in [4.69, 9.17) is 0 Å². The van der Waals surface area contributed by atoms with E-state index < -0.39 is 31.7 Å². The monoisotopic (exact) mass is 395 g/mol. The molecule has 2 aromatic rings. The van der Waals surface area contributed by atoms with E-state index in [1.165, 1.54) is 32.0 Å². The Morgan fingerprint density at radius 3 is 2.44 bits per heavy atom. The molecule has 0 spiro atoms. The minimum Gasteiger partial charge on any atom is -0.303 e. The number of nitro groups is 1. The van der Waals surface area contributed by atoms with Crippen LogP contribution in [-0.4, -0.2) is 25.4 Å². The van der Waals surface area contributed by atoms with Gasteiger partial charge in [-0.05, 0) is 35.7 Å². The summed E-state index contributed by atoms with van der Waals surface area (Å²) in [7, 11) is -3.86. The molecule has 0 radical (unpaired) electrons. The summed E-state index contributed by atoms with van der Waals surface area (Å²) >= 11 is 0. The standard InChI is InChI=1S/C18H18FNO5S.CH4/c1-18(2,11-21)12-26(24,25)17-7-6-15(19)10-14(17)8-13-4-3-5-16(9-13)20(22)23;/h3-7,9-11H,8,12H2,1-2H3;1H4. The molecule has 8 heteroatoms. The molecule has 0 aromatic heterocycles. The van der Waals surface area contributed by atoms with Gasteiger partial charge in [0.05, 0.1) is 15.6 Å². The van der Waals surface area contributed by atoms with Gasteiger partial charge in [0, 0.05) is 17.5 Å². The van der Waals surface area contributed by atoms with Crippen LogP contribution in [0.4, 0.5) is 10.1 Å². The molecule has 0 fully saturated rings. The van der Waals surface area contributed by atoms with Crippen molar-refractivity contribution in [2.45, 2.75) is 32.6 Å². The van der Waals surface area contributed by atoms with Gasteiger partial charge in [0.1, 0.15) is 12.1 Å². The SMILES string of the molecule is C.CC(C)(C=O)CS(=O)(=O)c1ccc(F)cc1Cc1cccc([N+](=O)[O-])c1. The van der Waals surface area contributed by atoms with Crippen LogP contribution in [0, 0.1) is 21.3 Å². The second kappa shape index (κ2) is 8.39. The highest BCUT2D eigenvalue weighted by Gasteiger charge is 2.29. The van der Waals surface area contributed by atoms with Crippen LogP contribution in [0.5, 0.6) is 0 Å². The third kappa shape index (κ3) is 5.68. The van der Waals surface area contributed by atoms with Crippen LogP contribution in [0.15, 0.2) is 47.4 Å². The molecule has 0 aliphatic rings. The summed E-state index contributed by atoms with van der Waals surface area (Å²) in [6.45, 7) is 3.00. The molecule has 146 valence electrons. The summed E-state index contributed by atoms with van der Waals surface area (Å²) in [5.74, 6) is -1.03. The van der Waals surface area contributed by atoms with Gasteiger partial charge in [-0.2, -0.15) is 0 Å². The topological polar surface area (TPSA) is 94.3 Å². The summed E-state index contributed by atoms with van der Waals surface area (Å²) in [6, 6.07) is 9.02. The molecule has 0 saturated heterocycles. The maximum absolute atomic E-state index is 13.7. The van der Waals surface area contributed by atoms with Crippen LogP contribution in [0.1, 0.15) is 32.4 Å². The quantitative estimate of drug-likeness (QED) is 0.306. The van der Waals surface area contributed by atoms with E-state index in [0.717, 1.165) is 18.2 Å². The van der Waals surface area contributed by atoms with Crippen molar-refractivity contribution in [2.75, 3.05) is 5.75 Å². The Labute approximate surface area is 158 Å². The number of non-ortho nitro benzene ring substituents is 1. The van der Waals surface area contributed by atoms with Crippen LogP contribution in [0.3, 0.4) is 0 Å². The maximum Gasteiger partial charge on any atom is 0.269 e. The third-order valence-electron chi connectivity index (χ3n) is 3.75. The number of hydrogen-bond donors (Lipinski definition) is 0. The van der Waals surface area contributed by atoms with E-state index in [1.54, 1.807) is 6.07 Å². The van der Waals surface area contributed by atoms with E-state index in [-0.39, 0.29) is 30.0 Å². The molecule has 0 N–H and O–H groups in total. The Morgan fingerprint density at radius 2 is 1.85 bits per heavy atom.